The first-order chi connectivity index (χ1) is 10.2. The number of rotatable bonds is 7. The van der Waals surface area contributed by atoms with Gasteiger partial charge in [0.1, 0.15) is 0 Å². The standard InChI is InChI=1S/C19H32N2/c1-3-16-9-12-18(13-10-16)21(2)19(15-20)14-11-17-7-5-4-6-8-17/h4-8,16,18-19H,3,9-15,20H2,1-2H3. The minimum absolute atomic E-state index is 0.522. The van der Waals surface area contributed by atoms with Crippen LogP contribution < -0.4 is 5.73 Å². The Balaban J connectivity index is 1.82. The topological polar surface area (TPSA) is 29.3 Å². The van der Waals surface area contributed by atoms with Crippen molar-refractivity contribution in [2.45, 2.75) is 64.0 Å². The molecule has 1 fully saturated rings. The zero-order valence-electron chi connectivity index (χ0n) is 13.8. The van der Waals surface area contributed by atoms with Crippen molar-refractivity contribution in [3.05, 3.63) is 35.9 Å². The van der Waals surface area contributed by atoms with Crippen LogP contribution in [-0.2, 0) is 6.42 Å². The predicted molar refractivity (Wildman–Crippen MR) is 91.4 cm³/mol. The van der Waals surface area contributed by atoms with Gasteiger partial charge in [0.15, 0.2) is 0 Å². The molecule has 1 saturated carbocycles. The summed E-state index contributed by atoms with van der Waals surface area (Å²) in [5.74, 6) is 0.968. The second-order valence-corrected chi connectivity index (χ2v) is 6.66. The smallest absolute Gasteiger partial charge is 0.0221 e. The summed E-state index contributed by atoms with van der Waals surface area (Å²) >= 11 is 0. The first kappa shape index (κ1) is 16.5. The minimum Gasteiger partial charge on any atom is -0.329 e. The van der Waals surface area contributed by atoms with Crippen LogP contribution in [0, 0.1) is 5.92 Å². The molecular weight excluding hydrogens is 256 g/mol. The lowest BCUT2D eigenvalue weighted by Crippen LogP contribution is -2.46. The number of aryl methyl sites for hydroxylation is 1. The van der Waals surface area contributed by atoms with Crippen molar-refractivity contribution >= 4 is 0 Å². The van der Waals surface area contributed by atoms with Gasteiger partial charge in [-0.2, -0.15) is 0 Å². The molecule has 0 heterocycles. The molecule has 1 aromatic carbocycles. The van der Waals surface area contributed by atoms with Crippen molar-refractivity contribution in [3.8, 4) is 0 Å². The summed E-state index contributed by atoms with van der Waals surface area (Å²) in [5.41, 5.74) is 7.49. The third-order valence-electron chi connectivity index (χ3n) is 5.43. The van der Waals surface area contributed by atoms with Crippen LogP contribution in [0.25, 0.3) is 0 Å². The molecule has 0 aromatic heterocycles. The molecule has 0 amide bonds. The van der Waals surface area contributed by atoms with Gasteiger partial charge in [-0.1, -0.05) is 43.7 Å². The van der Waals surface area contributed by atoms with Gasteiger partial charge in [0.2, 0.25) is 0 Å². The van der Waals surface area contributed by atoms with Gasteiger partial charge in [-0.15, -0.1) is 0 Å². The predicted octanol–water partition coefficient (Wildman–Crippen LogP) is 3.85. The van der Waals surface area contributed by atoms with E-state index in [4.69, 9.17) is 5.73 Å². The number of hydrogen-bond acceptors (Lipinski definition) is 2. The number of likely N-dealkylation sites (N-methyl/N-ethyl adjacent to an activating group) is 1. The molecule has 2 nitrogen and oxygen atoms in total. The van der Waals surface area contributed by atoms with E-state index in [1.165, 1.54) is 44.1 Å². The molecule has 0 bridgehead atoms. The number of hydrogen-bond donors (Lipinski definition) is 1. The van der Waals surface area contributed by atoms with E-state index < -0.39 is 0 Å². The highest BCUT2D eigenvalue weighted by molar-refractivity contribution is 5.14. The van der Waals surface area contributed by atoms with Gasteiger partial charge in [0.05, 0.1) is 0 Å². The molecular formula is C19H32N2. The lowest BCUT2D eigenvalue weighted by molar-refractivity contribution is 0.117. The number of benzene rings is 1. The highest BCUT2D eigenvalue weighted by atomic mass is 15.2. The largest absolute Gasteiger partial charge is 0.329 e. The van der Waals surface area contributed by atoms with Gasteiger partial charge in [0.25, 0.3) is 0 Å². The third-order valence-corrected chi connectivity index (χ3v) is 5.43. The van der Waals surface area contributed by atoms with Crippen LogP contribution in [0.4, 0.5) is 0 Å². The van der Waals surface area contributed by atoms with Gasteiger partial charge in [-0.05, 0) is 57.1 Å². The molecule has 0 radical (unpaired) electrons. The maximum absolute atomic E-state index is 6.06. The molecule has 0 spiro atoms. The van der Waals surface area contributed by atoms with E-state index in [1.54, 1.807) is 0 Å². The van der Waals surface area contributed by atoms with Gasteiger partial charge < -0.3 is 5.73 Å². The van der Waals surface area contributed by atoms with Crippen molar-refractivity contribution in [2.24, 2.45) is 11.7 Å². The van der Waals surface area contributed by atoms with Crippen LogP contribution in [0.2, 0.25) is 0 Å². The zero-order valence-corrected chi connectivity index (χ0v) is 13.8. The Labute approximate surface area is 130 Å². The molecule has 118 valence electrons. The first-order valence-corrected chi connectivity index (χ1v) is 8.70. The van der Waals surface area contributed by atoms with Crippen molar-refractivity contribution in [3.63, 3.8) is 0 Å². The Hall–Kier alpha value is -0.860. The average molecular weight is 288 g/mol. The molecule has 0 saturated heterocycles. The van der Waals surface area contributed by atoms with Crippen LogP contribution in [0.15, 0.2) is 30.3 Å². The third kappa shape index (κ3) is 4.82. The van der Waals surface area contributed by atoms with Crippen LogP contribution in [0.5, 0.6) is 0 Å². The van der Waals surface area contributed by atoms with Crippen LogP contribution in [0.1, 0.15) is 51.0 Å². The van der Waals surface area contributed by atoms with E-state index in [9.17, 15) is 0 Å². The quantitative estimate of drug-likeness (QED) is 0.826. The van der Waals surface area contributed by atoms with Crippen molar-refractivity contribution in [1.29, 1.82) is 0 Å². The maximum atomic E-state index is 6.06. The lowest BCUT2D eigenvalue weighted by atomic mass is 9.83. The van der Waals surface area contributed by atoms with E-state index in [1.807, 2.05) is 0 Å². The van der Waals surface area contributed by atoms with E-state index in [0.717, 1.165) is 24.9 Å². The molecule has 2 rings (SSSR count). The van der Waals surface area contributed by atoms with E-state index in [2.05, 4.69) is 49.2 Å². The number of nitrogens with two attached hydrogens (primary N) is 1. The Morgan fingerprint density at radius 3 is 2.38 bits per heavy atom. The molecule has 2 N–H and O–H groups in total. The summed E-state index contributed by atoms with van der Waals surface area (Å²) in [4.78, 5) is 2.58. The first-order valence-electron chi connectivity index (χ1n) is 8.70. The van der Waals surface area contributed by atoms with Gasteiger partial charge >= 0.3 is 0 Å². The maximum Gasteiger partial charge on any atom is 0.0221 e. The second-order valence-electron chi connectivity index (χ2n) is 6.66. The fourth-order valence-corrected chi connectivity index (χ4v) is 3.72. The SMILES string of the molecule is CCC1CCC(N(C)C(CN)CCc2ccccc2)CC1. The van der Waals surface area contributed by atoms with Crippen LogP contribution in [-0.4, -0.2) is 30.6 Å². The van der Waals surface area contributed by atoms with Gasteiger partial charge in [-0.25, -0.2) is 0 Å². The highest BCUT2D eigenvalue weighted by Crippen LogP contribution is 2.30. The Morgan fingerprint density at radius 1 is 1.14 bits per heavy atom. The summed E-state index contributed by atoms with van der Waals surface area (Å²) in [6, 6.07) is 12.1. The Kier molecular flexibility index (Phi) is 6.72. The molecule has 2 heteroatoms. The summed E-state index contributed by atoms with van der Waals surface area (Å²) in [6.45, 7) is 3.11. The van der Waals surface area contributed by atoms with E-state index in [0.29, 0.717) is 6.04 Å². The zero-order chi connectivity index (χ0) is 15.1. The Morgan fingerprint density at radius 2 is 1.81 bits per heavy atom. The number of nitrogens with zero attached hydrogens (tertiary/aromatic N) is 1. The summed E-state index contributed by atoms with van der Waals surface area (Å²) in [6.07, 6.45) is 9.18. The van der Waals surface area contributed by atoms with Crippen LogP contribution in [0.3, 0.4) is 0 Å². The molecule has 1 aliphatic rings. The molecule has 21 heavy (non-hydrogen) atoms. The highest BCUT2D eigenvalue weighted by Gasteiger charge is 2.26. The molecule has 0 aliphatic heterocycles. The van der Waals surface area contributed by atoms with Crippen LogP contribution >= 0.6 is 0 Å². The normalized spacial score (nSPS) is 24.2. The average Bonchev–Trinajstić information content (AvgIpc) is 2.56. The van der Waals surface area contributed by atoms with Gasteiger partial charge in [-0.3, -0.25) is 4.90 Å². The Bertz CT molecular complexity index is 382. The summed E-state index contributed by atoms with van der Waals surface area (Å²) in [5, 5.41) is 0. The van der Waals surface area contributed by atoms with Crippen molar-refractivity contribution in [2.75, 3.05) is 13.6 Å². The fourth-order valence-electron chi connectivity index (χ4n) is 3.72. The monoisotopic (exact) mass is 288 g/mol. The van der Waals surface area contributed by atoms with E-state index >= 15 is 0 Å². The van der Waals surface area contributed by atoms with Crippen molar-refractivity contribution in [1.82, 2.24) is 4.90 Å². The molecule has 1 unspecified atom stereocenters. The molecule has 1 atom stereocenters. The fraction of sp³-hybridized carbons (Fsp3) is 0.684. The van der Waals surface area contributed by atoms with Gasteiger partial charge in [0, 0.05) is 18.6 Å². The molecule has 1 aromatic rings. The van der Waals surface area contributed by atoms with Crippen molar-refractivity contribution < 1.29 is 0 Å². The summed E-state index contributed by atoms with van der Waals surface area (Å²) < 4.78 is 0. The summed E-state index contributed by atoms with van der Waals surface area (Å²) in [7, 11) is 2.29. The minimum atomic E-state index is 0.522. The lowest BCUT2D eigenvalue weighted by Gasteiger charge is -2.39. The second kappa shape index (κ2) is 8.55. The molecule has 1 aliphatic carbocycles. The van der Waals surface area contributed by atoms with E-state index in [-0.39, 0.29) is 0 Å².